The van der Waals surface area contributed by atoms with Gasteiger partial charge in [-0.15, -0.1) is 0 Å². The van der Waals surface area contributed by atoms with E-state index in [1.807, 2.05) is 12.1 Å². The zero-order chi connectivity index (χ0) is 15.4. The first-order chi connectivity index (χ1) is 10.0. The molecule has 2 rings (SSSR count). The molecule has 0 bridgehead atoms. The van der Waals surface area contributed by atoms with Gasteiger partial charge >= 0.3 is 0 Å². The summed E-state index contributed by atoms with van der Waals surface area (Å²) in [6, 6.07) is 8.57. The van der Waals surface area contributed by atoms with Gasteiger partial charge in [0.1, 0.15) is 12.4 Å². The second-order valence-electron chi connectivity index (χ2n) is 4.27. The van der Waals surface area contributed by atoms with E-state index in [0.29, 0.717) is 22.4 Å². The number of rotatable bonds is 5. The van der Waals surface area contributed by atoms with Crippen molar-refractivity contribution in [1.82, 2.24) is 0 Å². The molecule has 0 aliphatic heterocycles. The van der Waals surface area contributed by atoms with Gasteiger partial charge in [0, 0.05) is 15.4 Å². The van der Waals surface area contributed by atoms with Crippen LogP contribution in [0, 0.1) is 5.82 Å². The van der Waals surface area contributed by atoms with E-state index in [2.05, 4.69) is 47.8 Å². The molecular weight excluding hydrogens is 471 g/mol. The Balaban J connectivity index is 2.25. The van der Waals surface area contributed by atoms with Crippen LogP contribution in [0.15, 0.2) is 39.3 Å². The number of halogens is 4. The number of hydrogen-bond donors (Lipinski definition) is 0. The lowest BCUT2D eigenvalue weighted by Gasteiger charge is -2.14. The molecule has 0 fully saturated rings. The lowest BCUT2D eigenvalue weighted by molar-refractivity contribution is 0.277. The maximum Gasteiger partial charge on any atom is 0.175 e. The predicted molar refractivity (Wildman–Crippen MR) is 91.8 cm³/mol. The molecule has 2 aromatic carbocycles. The zero-order valence-electron chi connectivity index (χ0n) is 11.1. The van der Waals surface area contributed by atoms with Gasteiger partial charge in [0.25, 0.3) is 0 Å². The van der Waals surface area contributed by atoms with Crippen molar-refractivity contribution in [2.75, 3.05) is 7.11 Å². The molecule has 0 aromatic heterocycles. The molecule has 0 unspecified atom stereocenters. The molecule has 0 aliphatic carbocycles. The van der Waals surface area contributed by atoms with Gasteiger partial charge in [0.2, 0.25) is 0 Å². The highest BCUT2D eigenvalue weighted by Crippen LogP contribution is 2.37. The number of methoxy groups -OCH3 is 1. The summed E-state index contributed by atoms with van der Waals surface area (Å²) in [6.07, 6.45) is 0. The Morgan fingerprint density at radius 2 is 1.90 bits per heavy atom. The average molecular weight is 483 g/mol. The van der Waals surface area contributed by atoms with Crippen LogP contribution in [0.25, 0.3) is 0 Å². The summed E-state index contributed by atoms with van der Waals surface area (Å²) in [7, 11) is 1.58. The number of alkyl halides is 1. The van der Waals surface area contributed by atoms with Crippen LogP contribution in [0.2, 0.25) is 0 Å². The lowest BCUT2D eigenvalue weighted by atomic mass is 10.2. The van der Waals surface area contributed by atoms with Crippen molar-refractivity contribution in [2.24, 2.45) is 0 Å². The largest absolute Gasteiger partial charge is 0.493 e. The molecule has 0 spiro atoms. The Morgan fingerprint density at radius 1 is 1.14 bits per heavy atom. The standard InChI is InChI=1S/C15H12Br3FO2/c1-20-14-5-9(7-16)4-12(18)15(14)21-8-10-6-11(17)2-3-13(10)19/h2-6H,7-8H2,1H3. The highest BCUT2D eigenvalue weighted by molar-refractivity contribution is 9.11. The molecule has 0 aliphatic rings. The Kier molecular flexibility index (Phi) is 6.08. The van der Waals surface area contributed by atoms with E-state index in [-0.39, 0.29) is 12.4 Å². The molecule has 0 atom stereocenters. The maximum absolute atomic E-state index is 13.7. The molecule has 21 heavy (non-hydrogen) atoms. The van der Waals surface area contributed by atoms with E-state index in [0.717, 1.165) is 14.5 Å². The van der Waals surface area contributed by atoms with Crippen molar-refractivity contribution in [2.45, 2.75) is 11.9 Å². The SMILES string of the molecule is COc1cc(CBr)cc(Br)c1OCc1cc(Br)ccc1F. The van der Waals surface area contributed by atoms with Gasteiger partial charge in [0.15, 0.2) is 11.5 Å². The predicted octanol–water partition coefficient (Wildman–Crippen LogP) is 5.83. The summed E-state index contributed by atoms with van der Waals surface area (Å²) >= 11 is 10.2. The Morgan fingerprint density at radius 3 is 2.57 bits per heavy atom. The smallest absolute Gasteiger partial charge is 0.175 e. The Hall–Kier alpha value is -0.590. The van der Waals surface area contributed by atoms with E-state index in [1.165, 1.54) is 6.07 Å². The summed E-state index contributed by atoms with van der Waals surface area (Å²) in [5.74, 6) is 0.862. The topological polar surface area (TPSA) is 18.5 Å². The second kappa shape index (κ2) is 7.61. The first kappa shape index (κ1) is 16.8. The second-order valence-corrected chi connectivity index (χ2v) is 6.60. The van der Waals surface area contributed by atoms with E-state index < -0.39 is 0 Å². The van der Waals surface area contributed by atoms with Gasteiger partial charge in [-0.05, 0) is 51.8 Å². The van der Waals surface area contributed by atoms with Gasteiger partial charge in [0.05, 0.1) is 11.6 Å². The first-order valence-electron chi connectivity index (χ1n) is 6.04. The molecule has 0 saturated heterocycles. The number of benzene rings is 2. The summed E-state index contributed by atoms with van der Waals surface area (Å²) < 4.78 is 26.4. The zero-order valence-corrected chi connectivity index (χ0v) is 15.9. The summed E-state index contributed by atoms with van der Waals surface area (Å²) in [6.45, 7) is 0.119. The van der Waals surface area contributed by atoms with Crippen LogP contribution in [0.4, 0.5) is 4.39 Å². The van der Waals surface area contributed by atoms with Crippen LogP contribution in [0.5, 0.6) is 11.5 Å². The maximum atomic E-state index is 13.7. The molecular formula is C15H12Br3FO2. The molecule has 2 nitrogen and oxygen atoms in total. The minimum atomic E-state index is -0.301. The van der Waals surface area contributed by atoms with Gasteiger partial charge in [-0.25, -0.2) is 4.39 Å². The third-order valence-corrected chi connectivity index (χ3v) is 4.55. The van der Waals surface area contributed by atoms with Crippen LogP contribution in [0.1, 0.15) is 11.1 Å². The highest BCUT2D eigenvalue weighted by Gasteiger charge is 2.13. The van der Waals surface area contributed by atoms with Crippen molar-refractivity contribution in [3.63, 3.8) is 0 Å². The van der Waals surface area contributed by atoms with E-state index >= 15 is 0 Å². The molecule has 112 valence electrons. The van der Waals surface area contributed by atoms with Crippen molar-refractivity contribution in [1.29, 1.82) is 0 Å². The number of hydrogen-bond acceptors (Lipinski definition) is 2. The molecule has 0 heterocycles. The summed E-state index contributed by atoms with van der Waals surface area (Å²) in [5, 5.41) is 0.711. The van der Waals surface area contributed by atoms with Gasteiger partial charge < -0.3 is 9.47 Å². The molecule has 0 amide bonds. The van der Waals surface area contributed by atoms with Crippen LogP contribution in [-0.2, 0) is 11.9 Å². The van der Waals surface area contributed by atoms with E-state index in [1.54, 1.807) is 19.2 Å². The summed E-state index contributed by atoms with van der Waals surface area (Å²) in [4.78, 5) is 0. The van der Waals surface area contributed by atoms with Gasteiger partial charge in [-0.1, -0.05) is 31.9 Å². The fourth-order valence-electron chi connectivity index (χ4n) is 1.79. The van der Waals surface area contributed by atoms with Crippen LogP contribution < -0.4 is 9.47 Å². The fraction of sp³-hybridized carbons (Fsp3) is 0.200. The molecule has 6 heteroatoms. The monoisotopic (exact) mass is 480 g/mol. The molecule has 2 aromatic rings. The summed E-state index contributed by atoms with van der Waals surface area (Å²) in [5.41, 5.74) is 1.53. The average Bonchev–Trinajstić information content (AvgIpc) is 2.48. The van der Waals surface area contributed by atoms with E-state index in [4.69, 9.17) is 9.47 Å². The van der Waals surface area contributed by atoms with E-state index in [9.17, 15) is 4.39 Å². The Bertz CT molecular complexity index is 647. The van der Waals surface area contributed by atoms with Crippen LogP contribution in [0.3, 0.4) is 0 Å². The first-order valence-corrected chi connectivity index (χ1v) is 8.75. The minimum absolute atomic E-state index is 0.119. The van der Waals surface area contributed by atoms with Crippen molar-refractivity contribution < 1.29 is 13.9 Å². The molecule has 0 radical (unpaired) electrons. The fourth-order valence-corrected chi connectivity index (χ4v) is 3.13. The Labute approximate surface area is 148 Å². The van der Waals surface area contributed by atoms with Crippen molar-refractivity contribution in [3.8, 4) is 11.5 Å². The molecule has 0 N–H and O–H groups in total. The quantitative estimate of drug-likeness (QED) is 0.499. The highest BCUT2D eigenvalue weighted by atomic mass is 79.9. The third-order valence-electron chi connectivity index (χ3n) is 2.82. The third kappa shape index (κ3) is 4.20. The van der Waals surface area contributed by atoms with Crippen LogP contribution in [-0.4, -0.2) is 7.11 Å². The molecule has 0 saturated carbocycles. The minimum Gasteiger partial charge on any atom is -0.493 e. The van der Waals surface area contributed by atoms with Crippen molar-refractivity contribution >= 4 is 47.8 Å². The van der Waals surface area contributed by atoms with Gasteiger partial charge in [-0.2, -0.15) is 0 Å². The van der Waals surface area contributed by atoms with Crippen LogP contribution >= 0.6 is 47.8 Å². The van der Waals surface area contributed by atoms with Gasteiger partial charge in [-0.3, -0.25) is 0 Å². The lowest BCUT2D eigenvalue weighted by Crippen LogP contribution is -2.01. The normalized spacial score (nSPS) is 10.5. The van der Waals surface area contributed by atoms with Crippen molar-refractivity contribution in [3.05, 3.63) is 56.2 Å². The number of ether oxygens (including phenoxy) is 2.